The van der Waals surface area contributed by atoms with Gasteiger partial charge in [0.05, 0.1) is 12.7 Å². The van der Waals surface area contributed by atoms with Crippen LogP contribution in [0.25, 0.3) is 11.1 Å². The number of rotatable bonds is 3. The largest absolute Gasteiger partial charge is 0.399 e. The molecule has 0 amide bonds. The van der Waals surface area contributed by atoms with Gasteiger partial charge in [-0.05, 0) is 35.4 Å². The van der Waals surface area contributed by atoms with Crippen molar-refractivity contribution in [2.45, 2.75) is 6.54 Å². The van der Waals surface area contributed by atoms with Crippen LogP contribution in [0.2, 0.25) is 5.02 Å². The molecule has 3 nitrogen and oxygen atoms in total. The maximum atomic E-state index is 5.88. The average Bonchev–Trinajstić information content (AvgIpc) is 2.91. The standard InChI is InChI=1S/C16H14ClN3/c17-15-5-1-12(2-6-15)10-20-11-14(9-19-20)13-3-7-16(18)8-4-13/h1-9,11H,10,18H2. The predicted octanol–water partition coefficient (Wildman–Crippen LogP) is 3.83. The molecule has 0 bridgehead atoms. The summed E-state index contributed by atoms with van der Waals surface area (Å²) in [7, 11) is 0. The van der Waals surface area contributed by atoms with Crippen molar-refractivity contribution in [1.82, 2.24) is 9.78 Å². The van der Waals surface area contributed by atoms with E-state index in [0.717, 1.165) is 28.4 Å². The highest BCUT2D eigenvalue weighted by atomic mass is 35.5. The lowest BCUT2D eigenvalue weighted by Crippen LogP contribution is -1.99. The first-order chi connectivity index (χ1) is 9.70. The fraction of sp³-hybridized carbons (Fsp3) is 0.0625. The van der Waals surface area contributed by atoms with Gasteiger partial charge in [-0.25, -0.2) is 0 Å². The summed E-state index contributed by atoms with van der Waals surface area (Å²) in [5, 5.41) is 5.13. The number of nitrogen functional groups attached to an aromatic ring is 1. The first-order valence-corrected chi connectivity index (χ1v) is 6.71. The molecule has 2 aromatic carbocycles. The molecule has 1 aromatic heterocycles. The molecule has 0 radical (unpaired) electrons. The molecule has 0 saturated carbocycles. The van der Waals surface area contributed by atoms with E-state index < -0.39 is 0 Å². The normalized spacial score (nSPS) is 10.7. The topological polar surface area (TPSA) is 43.8 Å². The maximum absolute atomic E-state index is 5.88. The molecule has 0 spiro atoms. The number of nitrogens with two attached hydrogens (primary N) is 1. The number of anilines is 1. The van der Waals surface area contributed by atoms with E-state index in [1.54, 1.807) is 0 Å². The van der Waals surface area contributed by atoms with Crippen LogP contribution in [-0.2, 0) is 6.54 Å². The Labute approximate surface area is 122 Å². The SMILES string of the molecule is Nc1ccc(-c2cnn(Cc3ccc(Cl)cc3)c2)cc1. The highest BCUT2D eigenvalue weighted by Gasteiger charge is 2.02. The van der Waals surface area contributed by atoms with Crippen molar-refractivity contribution < 1.29 is 0 Å². The minimum atomic E-state index is 0.728. The zero-order chi connectivity index (χ0) is 13.9. The van der Waals surface area contributed by atoms with Crippen molar-refractivity contribution in [3.05, 3.63) is 71.5 Å². The van der Waals surface area contributed by atoms with Crippen molar-refractivity contribution in [3.63, 3.8) is 0 Å². The van der Waals surface area contributed by atoms with Crippen molar-refractivity contribution in [2.24, 2.45) is 0 Å². The van der Waals surface area contributed by atoms with Gasteiger partial charge in [0.1, 0.15) is 0 Å². The summed E-state index contributed by atoms with van der Waals surface area (Å²) in [6, 6.07) is 15.6. The molecule has 2 N–H and O–H groups in total. The van der Waals surface area contributed by atoms with Crippen LogP contribution in [0.4, 0.5) is 5.69 Å². The Hall–Kier alpha value is -2.26. The second-order valence-corrected chi connectivity index (χ2v) is 5.11. The number of hydrogen-bond acceptors (Lipinski definition) is 2. The number of nitrogens with zero attached hydrogens (tertiary/aromatic N) is 2. The molecule has 0 saturated heterocycles. The van der Waals surface area contributed by atoms with Gasteiger partial charge < -0.3 is 5.73 Å². The third-order valence-corrected chi connectivity index (χ3v) is 3.39. The number of benzene rings is 2. The lowest BCUT2D eigenvalue weighted by molar-refractivity contribution is 0.687. The fourth-order valence-electron chi connectivity index (χ4n) is 2.05. The maximum Gasteiger partial charge on any atom is 0.0659 e. The van der Waals surface area contributed by atoms with E-state index in [0.29, 0.717) is 0 Å². The van der Waals surface area contributed by atoms with Crippen LogP contribution in [0.3, 0.4) is 0 Å². The summed E-state index contributed by atoms with van der Waals surface area (Å²) < 4.78 is 1.91. The van der Waals surface area contributed by atoms with E-state index >= 15 is 0 Å². The van der Waals surface area contributed by atoms with E-state index in [4.69, 9.17) is 17.3 Å². The van der Waals surface area contributed by atoms with E-state index in [-0.39, 0.29) is 0 Å². The van der Waals surface area contributed by atoms with E-state index in [1.165, 1.54) is 5.56 Å². The molecule has 0 aliphatic heterocycles. The lowest BCUT2D eigenvalue weighted by atomic mass is 10.1. The number of hydrogen-bond donors (Lipinski definition) is 1. The Morgan fingerprint density at radius 2 is 1.65 bits per heavy atom. The Bertz CT molecular complexity index is 699. The van der Waals surface area contributed by atoms with Crippen LogP contribution < -0.4 is 5.73 Å². The molecule has 1 heterocycles. The zero-order valence-electron chi connectivity index (χ0n) is 10.8. The Morgan fingerprint density at radius 1 is 0.950 bits per heavy atom. The molecule has 20 heavy (non-hydrogen) atoms. The predicted molar refractivity (Wildman–Crippen MR) is 82.6 cm³/mol. The highest BCUT2D eigenvalue weighted by Crippen LogP contribution is 2.20. The third kappa shape index (κ3) is 2.83. The van der Waals surface area contributed by atoms with Crippen molar-refractivity contribution in [1.29, 1.82) is 0 Å². The molecule has 0 fully saturated rings. The average molecular weight is 284 g/mol. The lowest BCUT2D eigenvalue weighted by Gasteiger charge is -2.02. The molecule has 0 atom stereocenters. The first-order valence-electron chi connectivity index (χ1n) is 6.33. The van der Waals surface area contributed by atoms with Crippen LogP contribution in [0.15, 0.2) is 60.9 Å². The summed E-state index contributed by atoms with van der Waals surface area (Å²) in [6.45, 7) is 0.728. The molecule has 3 rings (SSSR count). The van der Waals surface area contributed by atoms with Gasteiger partial charge in [0, 0.05) is 22.5 Å². The third-order valence-electron chi connectivity index (χ3n) is 3.14. The van der Waals surface area contributed by atoms with E-state index in [1.807, 2.05) is 65.6 Å². The summed E-state index contributed by atoms with van der Waals surface area (Å²) in [5.41, 5.74) is 9.82. The Morgan fingerprint density at radius 3 is 2.35 bits per heavy atom. The molecule has 4 heteroatoms. The number of aromatic nitrogens is 2. The van der Waals surface area contributed by atoms with Crippen molar-refractivity contribution in [2.75, 3.05) is 5.73 Å². The molecule has 0 unspecified atom stereocenters. The highest BCUT2D eigenvalue weighted by molar-refractivity contribution is 6.30. The van der Waals surface area contributed by atoms with Gasteiger partial charge in [0.2, 0.25) is 0 Å². The Kier molecular flexibility index (Phi) is 3.44. The minimum Gasteiger partial charge on any atom is -0.399 e. The van der Waals surface area contributed by atoms with Gasteiger partial charge in [-0.15, -0.1) is 0 Å². The summed E-state index contributed by atoms with van der Waals surface area (Å²) in [6.07, 6.45) is 3.89. The van der Waals surface area contributed by atoms with Crippen LogP contribution in [0.5, 0.6) is 0 Å². The second kappa shape index (κ2) is 5.39. The van der Waals surface area contributed by atoms with Gasteiger partial charge in [-0.1, -0.05) is 35.9 Å². The smallest absolute Gasteiger partial charge is 0.0659 e. The zero-order valence-corrected chi connectivity index (χ0v) is 11.6. The minimum absolute atomic E-state index is 0.728. The van der Waals surface area contributed by atoms with Gasteiger partial charge in [-0.3, -0.25) is 4.68 Å². The van der Waals surface area contributed by atoms with Gasteiger partial charge in [-0.2, -0.15) is 5.10 Å². The molecule has 3 aromatic rings. The monoisotopic (exact) mass is 283 g/mol. The summed E-state index contributed by atoms with van der Waals surface area (Å²) in [5.74, 6) is 0. The molecule has 100 valence electrons. The van der Waals surface area contributed by atoms with E-state index in [2.05, 4.69) is 5.10 Å². The van der Waals surface area contributed by atoms with Gasteiger partial charge >= 0.3 is 0 Å². The van der Waals surface area contributed by atoms with Gasteiger partial charge in [0.25, 0.3) is 0 Å². The van der Waals surface area contributed by atoms with Crippen LogP contribution >= 0.6 is 11.6 Å². The second-order valence-electron chi connectivity index (χ2n) is 4.68. The van der Waals surface area contributed by atoms with Crippen molar-refractivity contribution in [3.8, 4) is 11.1 Å². The summed E-state index contributed by atoms with van der Waals surface area (Å²) in [4.78, 5) is 0. The first kappa shape index (κ1) is 12.8. The Balaban J connectivity index is 1.80. The molecular formula is C16H14ClN3. The van der Waals surface area contributed by atoms with Crippen LogP contribution in [-0.4, -0.2) is 9.78 Å². The molecule has 0 aliphatic carbocycles. The van der Waals surface area contributed by atoms with E-state index in [9.17, 15) is 0 Å². The fourth-order valence-corrected chi connectivity index (χ4v) is 2.18. The molecule has 0 aliphatic rings. The molecular weight excluding hydrogens is 270 g/mol. The summed E-state index contributed by atoms with van der Waals surface area (Å²) >= 11 is 5.88. The van der Waals surface area contributed by atoms with Crippen LogP contribution in [0, 0.1) is 0 Å². The van der Waals surface area contributed by atoms with Crippen LogP contribution in [0.1, 0.15) is 5.56 Å². The van der Waals surface area contributed by atoms with Gasteiger partial charge in [0.15, 0.2) is 0 Å². The van der Waals surface area contributed by atoms with Crippen molar-refractivity contribution >= 4 is 17.3 Å². The number of halogens is 1. The quantitative estimate of drug-likeness (QED) is 0.742.